The number of carbonyl (C=O) groups excluding carboxylic acids is 1. The zero-order chi connectivity index (χ0) is 20.4. The Hall–Kier alpha value is -3.45. The number of aromatic nitrogens is 1. The molecule has 6 nitrogen and oxygen atoms in total. The summed E-state index contributed by atoms with van der Waals surface area (Å²) in [5.41, 5.74) is 3.50. The number of aryl methyl sites for hydroxylation is 1. The van der Waals surface area contributed by atoms with E-state index in [2.05, 4.69) is 10.3 Å². The molecule has 0 aliphatic heterocycles. The topological polar surface area (TPSA) is 89.3 Å². The van der Waals surface area contributed by atoms with Crippen LogP contribution in [0.5, 0.6) is 0 Å². The Labute approximate surface area is 168 Å². The molecule has 1 amide bonds. The van der Waals surface area contributed by atoms with Crippen LogP contribution in [0.4, 0.5) is 5.69 Å². The summed E-state index contributed by atoms with van der Waals surface area (Å²) in [7, 11) is -3.72. The third kappa shape index (κ3) is 4.20. The van der Waals surface area contributed by atoms with Crippen LogP contribution in [0.15, 0.2) is 82.1 Å². The molecule has 0 fully saturated rings. The van der Waals surface area contributed by atoms with E-state index in [0.29, 0.717) is 22.7 Å². The van der Waals surface area contributed by atoms with Gasteiger partial charge in [0.05, 0.1) is 4.90 Å². The molecule has 0 unspecified atom stereocenters. The maximum absolute atomic E-state index is 12.4. The Morgan fingerprint density at radius 3 is 2.52 bits per heavy atom. The number of sulfone groups is 1. The Morgan fingerprint density at radius 2 is 1.76 bits per heavy atom. The SMILES string of the molecule is Cc1ccc(S(=O)(=O)CC(=O)Nc2cccc(-c3nc4ccccc4o3)c2)cc1. The number of para-hydroxylation sites is 2. The van der Waals surface area contributed by atoms with Gasteiger partial charge < -0.3 is 9.73 Å². The lowest BCUT2D eigenvalue weighted by Crippen LogP contribution is -2.23. The van der Waals surface area contributed by atoms with Crippen molar-refractivity contribution >= 4 is 32.5 Å². The van der Waals surface area contributed by atoms with E-state index < -0.39 is 21.5 Å². The minimum atomic E-state index is -3.72. The maximum Gasteiger partial charge on any atom is 0.239 e. The molecule has 0 saturated heterocycles. The second kappa shape index (κ2) is 7.52. The molecule has 4 rings (SSSR count). The summed E-state index contributed by atoms with van der Waals surface area (Å²) in [6.45, 7) is 1.87. The Kier molecular flexibility index (Phi) is 4.90. The highest BCUT2D eigenvalue weighted by molar-refractivity contribution is 7.92. The minimum Gasteiger partial charge on any atom is -0.436 e. The number of anilines is 1. The van der Waals surface area contributed by atoms with E-state index >= 15 is 0 Å². The van der Waals surface area contributed by atoms with Gasteiger partial charge in [-0.25, -0.2) is 13.4 Å². The van der Waals surface area contributed by atoms with Crippen LogP contribution in [-0.4, -0.2) is 25.1 Å². The number of hydrogen-bond donors (Lipinski definition) is 1. The van der Waals surface area contributed by atoms with Gasteiger partial charge in [-0.05, 0) is 49.4 Å². The Balaban J connectivity index is 1.51. The van der Waals surface area contributed by atoms with Crippen LogP contribution in [0.3, 0.4) is 0 Å². The summed E-state index contributed by atoms with van der Waals surface area (Å²) in [6.07, 6.45) is 0. The number of rotatable bonds is 5. The lowest BCUT2D eigenvalue weighted by molar-refractivity contribution is -0.113. The van der Waals surface area contributed by atoms with Crippen LogP contribution in [0.1, 0.15) is 5.56 Å². The summed E-state index contributed by atoms with van der Waals surface area (Å²) in [5, 5.41) is 2.64. The van der Waals surface area contributed by atoms with Crippen molar-refractivity contribution in [1.29, 1.82) is 0 Å². The lowest BCUT2D eigenvalue weighted by atomic mass is 10.2. The van der Waals surface area contributed by atoms with E-state index in [1.54, 1.807) is 30.3 Å². The van der Waals surface area contributed by atoms with Crippen molar-refractivity contribution in [3.8, 4) is 11.5 Å². The molecule has 1 heterocycles. The first kappa shape index (κ1) is 18.9. The molecule has 1 N–H and O–H groups in total. The summed E-state index contributed by atoms with van der Waals surface area (Å²) >= 11 is 0. The van der Waals surface area contributed by atoms with Crippen LogP contribution in [-0.2, 0) is 14.6 Å². The molecule has 0 atom stereocenters. The second-order valence-electron chi connectivity index (χ2n) is 6.69. The van der Waals surface area contributed by atoms with Crippen LogP contribution in [0.2, 0.25) is 0 Å². The summed E-state index contributed by atoms with van der Waals surface area (Å²) in [4.78, 5) is 16.9. The van der Waals surface area contributed by atoms with E-state index in [4.69, 9.17) is 4.42 Å². The fourth-order valence-corrected chi connectivity index (χ4v) is 4.06. The molecule has 1 aromatic heterocycles. The molecule has 7 heteroatoms. The van der Waals surface area contributed by atoms with Crippen molar-refractivity contribution in [2.24, 2.45) is 0 Å². The van der Waals surface area contributed by atoms with E-state index in [-0.39, 0.29) is 4.90 Å². The van der Waals surface area contributed by atoms with Crippen molar-refractivity contribution < 1.29 is 17.6 Å². The third-order valence-electron chi connectivity index (χ3n) is 4.39. The Bertz CT molecular complexity index is 1260. The molecular weight excluding hydrogens is 388 g/mol. The van der Waals surface area contributed by atoms with Gasteiger partial charge in [0, 0.05) is 11.3 Å². The number of carbonyl (C=O) groups is 1. The quantitative estimate of drug-likeness (QED) is 0.536. The molecule has 29 heavy (non-hydrogen) atoms. The highest BCUT2D eigenvalue weighted by Crippen LogP contribution is 2.26. The Morgan fingerprint density at radius 1 is 1.00 bits per heavy atom. The van der Waals surface area contributed by atoms with Gasteiger partial charge in [0.15, 0.2) is 15.4 Å². The summed E-state index contributed by atoms with van der Waals surface area (Å²) in [5.74, 6) is -0.821. The van der Waals surface area contributed by atoms with Crippen molar-refractivity contribution in [1.82, 2.24) is 4.98 Å². The predicted octanol–water partition coefficient (Wildman–Crippen LogP) is 4.22. The fourth-order valence-electron chi connectivity index (χ4n) is 2.92. The van der Waals surface area contributed by atoms with Crippen LogP contribution in [0, 0.1) is 6.92 Å². The number of amides is 1. The fraction of sp³-hybridized carbons (Fsp3) is 0.0909. The first-order chi connectivity index (χ1) is 13.9. The van der Waals surface area contributed by atoms with Gasteiger partial charge >= 0.3 is 0 Å². The zero-order valence-corrected chi connectivity index (χ0v) is 16.4. The highest BCUT2D eigenvalue weighted by atomic mass is 32.2. The largest absolute Gasteiger partial charge is 0.436 e. The van der Waals surface area contributed by atoms with Gasteiger partial charge in [-0.1, -0.05) is 35.9 Å². The normalized spacial score (nSPS) is 11.5. The molecule has 0 spiro atoms. The lowest BCUT2D eigenvalue weighted by Gasteiger charge is -2.08. The zero-order valence-electron chi connectivity index (χ0n) is 15.6. The predicted molar refractivity (Wildman–Crippen MR) is 111 cm³/mol. The van der Waals surface area contributed by atoms with Crippen molar-refractivity contribution in [3.05, 3.63) is 78.4 Å². The van der Waals surface area contributed by atoms with Crippen LogP contribution < -0.4 is 5.32 Å². The smallest absolute Gasteiger partial charge is 0.239 e. The number of nitrogens with one attached hydrogen (secondary N) is 1. The third-order valence-corrected chi connectivity index (χ3v) is 6.02. The van der Waals surface area contributed by atoms with Crippen molar-refractivity contribution in [2.75, 3.05) is 11.1 Å². The average Bonchev–Trinajstić information content (AvgIpc) is 3.12. The van der Waals surface area contributed by atoms with Gasteiger partial charge in [0.2, 0.25) is 11.8 Å². The summed E-state index contributed by atoms with van der Waals surface area (Å²) in [6, 6.07) is 20.8. The standard InChI is InChI=1S/C22H18N2O4S/c1-15-9-11-18(12-10-15)29(26,27)14-21(25)23-17-6-4-5-16(13-17)22-24-19-7-2-3-8-20(19)28-22/h2-13H,14H2,1H3,(H,23,25). The van der Waals surface area contributed by atoms with Gasteiger partial charge in [-0.15, -0.1) is 0 Å². The molecule has 0 aliphatic rings. The molecule has 4 aromatic rings. The molecular formula is C22H18N2O4S. The second-order valence-corrected chi connectivity index (χ2v) is 8.68. The van der Waals surface area contributed by atoms with Crippen molar-refractivity contribution in [2.45, 2.75) is 11.8 Å². The monoisotopic (exact) mass is 406 g/mol. The molecule has 0 saturated carbocycles. The number of oxazole rings is 1. The maximum atomic E-state index is 12.4. The van der Waals surface area contributed by atoms with Crippen LogP contribution >= 0.6 is 0 Å². The molecule has 3 aromatic carbocycles. The minimum absolute atomic E-state index is 0.124. The molecule has 0 radical (unpaired) electrons. The summed E-state index contributed by atoms with van der Waals surface area (Å²) < 4.78 is 30.6. The van der Waals surface area contributed by atoms with Gasteiger partial charge in [0.1, 0.15) is 11.3 Å². The van der Waals surface area contributed by atoms with Crippen LogP contribution in [0.25, 0.3) is 22.6 Å². The van der Waals surface area contributed by atoms with E-state index in [0.717, 1.165) is 11.1 Å². The molecule has 0 aliphatic carbocycles. The van der Waals surface area contributed by atoms with E-state index in [9.17, 15) is 13.2 Å². The first-order valence-electron chi connectivity index (χ1n) is 8.96. The highest BCUT2D eigenvalue weighted by Gasteiger charge is 2.19. The van der Waals surface area contributed by atoms with Gasteiger partial charge in [-0.3, -0.25) is 4.79 Å². The number of nitrogens with zero attached hydrogens (tertiary/aromatic N) is 1. The van der Waals surface area contributed by atoms with Crippen molar-refractivity contribution in [3.63, 3.8) is 0 Å². The first-order valence-corrected chi connectivity index (χ1v) is 10.6. The van der Waals surface area contributed by atoms with E-state index in [1.165, 1.54) is 12.1 Å². The number of benzene rings is 3. The number of hydrogen-bond acceptors (Lipinski definition) is 5. The molecule has 0 bridgehead atoms. The average molecular weight is 406 g/mol. The van der Waals surface area contributed by atoms with Gasteiger partial charge in [-0.2, -0.15) is 0 Å². The molecule has 146 valence electrons. The van der Waals surface area contributed by atoms with Gasteiger partial charge in [0.25, 0.3) is 0 Å². The number of fused-ring (bicyclic) bond motifs is 1. The van der Waals surface area contributed by atoms with E-state index in [1.807, 2.05) is 37.3 Å².